The maximum absolute atomic E-state index is 13.8. The summed E-state index contributed by atoms with van der Waals surface area (Å²) in [5, 5.41) is 37.1. The van der Waals surface area contributed by atoms with E-state index in [1.807, 2.05) is 73.8 Å². The third kappa shape index (κ3) is 11.8. The van der Waals surface area contributed by atoms with Crippen LogP contribution in [0.4, 0.5) is 0 Å². The van der Waals surface area contributed by atoms with Crippen LogP contribution < -0.4 is 0 Å². The number of hydrogen-bond acceptors (Lipinski definition) is 7. The number of carboxylic acids is 3. The summed E-state index contributed by atoms with van der Waals surface area (Å²) in [6.07, 6.45) is 2.39. The number of amides is 1. The molecule has 1 unspecified atom stereocenters. The van der Waals surface area contributed by atoms with Crippen LogP contribution >= 0.6 is 34.8 Å². The average Bonchev–Trinajstić information content (AvgIpc) is 3.14. The number of carbonyl (C=O) groups is 4. The van der Waals surface area contributed by atoms with Crippen LogP contribution in [0.3, 0.4) is 0 Å². The van der Waals surface area contributed by atoms with E-state index in [1.54, 1.807) is 17.2 Å². The van der Waals surface area contributed by atoms with Crippen LogP contribution in [0, 0.1) is 0 Å². The number of carboxylic acid groups (broad SMARTS) is 3. The summed E-state index contributed by atoms with van der Waals surface area (Å²) < 4.78 is 12.3. The predicted molar refractivity (Wildman–Crippen MR) is 214 cm³/mol. The minimum absolute atomic E-state index is 0.0587. The largest absolute Gasteiger partial charge is 0.612 e. The summed E-state index contributed by atoms with van der Waals surface area (Å²) in [6.45, 7) is 3.37. The molecule has 4 aromatic carbocycles. The van der Waals surface area contributed by atoms with Gasteiger partial charge < -0.3 is 34.8 Å². The molecule has 1 aliphatic rings. The molecule has 294 valence electrons. The van der Waals surface area contributed by atoms with Gasteiger partial charge in [0, 0.05) is 25.1 Å². The second kappa shape index (κ2) is 19.8. The quantitative estimate of drug-likeness (QED) is 0.0935. The Kier molecular flexibility index (Phi) is 15.8. The van der Waals surface area contributed by atoms with Crippen molar-refractivity contribution in [2.24, 2.45) is 0 Å². The minimum atomic E-state index is -2.74. The summed E-state index contributed by atoms with van der Waals surface area (Å²) in [6, 6.07) is 25.4. The highest BCUT2D eigenvalue weighted by Gasteiger charge is 2.40. The Labute approximate surface area is 337 Å². The van der Waals surface area contributed by atoms with Gasteiger partial charge in [0.05, 0.1) is 33.5 Å². The van der Waals surface area contributed by atoms with E-state index in [1.165, 1.54) is 5.56 Å². The molecule has 0 radical (unpaired) electrons. The molecule has 11 nitrogen and oxygen atoms in total. The van der Waals surface area contributed by atoms with Gasteiger partial charge >= 0.3 is 17.9 Å². The number of likely N-dealkylation sites (tertiary alicyclic amines) is 1. The van der Waals surface area contributed by atoms with Crippen molar-refractivity contribution in [3.05, 3.63) is 111 Å². The van der Waals surface area contributed by atoms with E-state index in [0.717, 1.165) is 60.1 Å². The third-order valence-electron chi connectivity index (χ3n) is 9.68. The van der Waals surface area contributed by atoms with Gasteiger partial charge in [0.15, 0.2) is 10.5 Å². The zero-order valence-electron chi connectivity index (χ0n) is 30.3. The first-order chi connectivity index (χ1) is 26.0. The fraction of sp³-hybridized carbons (Fsp3) is 0.350. The molecule has 4 N–H and O–H groups in total. The molecular formula is C40H43Cl3N2O9S. The van der Waals surface area contributed by atoms with Gasteiger partial charge in [-0.05, 0) is 96.6 Å². The summed E-state index contributed by atoms with van der Waals surface area (Å²) in [7, 11) is 1.84. The summed E-state index contributed by atoms with van der Waals surface area (Å²) >= 11 is 18.3. The van der Waals surface area contributed by atoms with E-state index < -0.39 is 47.5 Å². The number of halogens is 3. The molecule has 0 bridgehead atoms. The van der Waals surface area contributed by atoms with E-state index in [4.69, 9.17) is 55.2 Å². The van der Waals surface area contributed by atoms with Gasteiger partial charge in [-0.2, -0.15) is 0 Å². The molecule has 1 fully saturated rings. The third-order valence-corrected chi connectivity index (χ3v) is 11.7. The van der Waals surface area contributed by atoms with Crippen molar-refractivity contribution < 1.29 is 44.2 Å². The average molecular weight is 834 g/mol. The van der Waals surface area contributed by atoms with Crippen LogP contribution in [-0.2, 0) is 25.6 Å². The molecule has 1 amide bonds. The maximum Gasteiger partial charge on any atom is 0.336 e. The molecule has 4 aromatic rings. The Morgan fingerprint density at radius 1 is 0.873 bits per heavy atom. The second-order valence-electron chi connectivity index (χ2n) is 13.6. The zero-order chi connectivity index (χ0) is 40.4. The first kappa shape index (κ1) is 43.8. The molecule has 5 rings (SSSR count). The van der Waals surface area contributed by atoms with Gasteiger partial charge in [-0.1, -0.05) is 89.4 Å². The molecule has 0 saturated carbocycles. The van der Waals surface area contributed by atoms with E-state index >= 15 is 0 Å². The van der Waals surface area contributed by atoms with Gasteiger partial charge in [-0.25, -0.2) is 4.79 Å². The highest BCUT2D eigenvalue weighted by Crippen LogP contribution is 2.34. The number of aliphatic carboxylic acids is 3. The highest BCUT2D eigenvalue weighted by molar-refractivity contribution is 7.90. The number of rotatable bonds is 14. The van der Waals surface area contributed by atoms with E-state index in [9.17, 15) is 23.7 Å². The molecule has 55 heavy (non-hydrogen) atoms. The number of likely N-dealkylation sites (N-methyl/N-ethyl adjacent to an activating group) is 1. The normalized spacial score (nSPS) is 14.7. The zero-order valence-corrected chi connectivity index (χ0v) is 33.4. The van der Waals surface area contributed by atoms with Crippen LogP contribution in [0.5, 0.6) is 0 Å². The van der Waals surface area contributed by atoms with Gasteiger partial charge in [0.1, 0.15) is 6.26 Å². The lowest BCUT2D eigenvalue weighted by Gasteiger charge is -2.34. The maximum atomic E-state index is 13.8. The second-order valence-corrected chi connectivity index (χ2v) is 16.1. The summed E-state index contributed by atoms with van der Waals surface area (Å²) in [4.78, 5) is 49.5. The highest BCUT2D eigenvalue weighted by atomic mass is 35.5. The van der Waals surface area contributed by atoms with Gasteiger partial charge in [-0.3, -0.25) is 14.4 Å². The van der Waals surface area contributed by atoms with Gasteiger partial charge in [0.2, 0.25) is 0 Å². The van der Waals surface area contributed by atoms with Crippen molar-refractivity contribution in [1.29, 1.82) is 0 Å². The van der Waals surface area contributed by atoms with E-state index in [-0.39, 0.29) is 11.8 Å². The van der Waals surface area contributed by atoms with Gasteiger partial charge in [-0.15, -0.1) is 0 Å². The van der Waals surface area contributed by atoms with Crippen molar-refractivity contribution in [1.82, 2.24) is 9.80 Å². The molecule has 1 heterocycles. The summed E-state index contributed by atoms with van der Waals surface area (Å²) in [5.41, 5.74) is 0.0687. The van der Waals surface area contributed by atoms with Gasteiger partial charge in [0.25, 0.3) is 5.91 Å². The number of hydrogen-bond donors (Lipinski definition) is 4. The number of nitrogens with zero attached hydrogens (tertiary/aromatic N) is 2. The standard InChI is InChI=1S/C34H35Cl3N2O2S.C6H8O7/c1-38(34(40)33-28-9-4-3-7-23(28)11-14-30(33)36)22-26(25-12-13-29(35)31(37)21-25)17-20-39-18-15-24(16-19-39)27-8-5-6-10-32(27)42(2)41;7-3(8)1-6(13,5(11)12)2-4(9)10/h3-14,21,24,26H,15-20,22H2,1-2H3;13H,1-2H2,(H,7,8)(H,9,10)(H,11,12)/t26?,42-;/m0./s1. The van der Waals surface area contributed by atoms with E-state index in [2.05, 4.69) is 11.0 Å². The van der Waals surface area contributed by atoms with Crippen molar-refractivity contribution >= 4 is 80.6 Å². The number of aliphatic hydroxyl groups is 1. The number of carbonyl (C=O) groups excluding carboxylic acids is 1. The molecule has 0 spiro atoms. The molecule has 2 atom stereocenters. The Hall–Kier alpha value is -3.88. The molecule has 15 heteroatoms. The van der Waals surface area contributed by atoms with Crippen molar-refractivity contribution in [3.8, 4) is 0 Å². The monoisotopic (exact) mass is 832 g/mol. The number of piperidine rings is 1. The SMILES string of the molecule is CN(CC(CCN1CCC(c2ccccc2[S@+](C)[O-])CC1)c1ccc(Cl)c(Cl)c1)C(=O)c1c(Cl)ccc2ccccc12.O=C(O)CC(O)(CC(=O)O)C(=O)O. The first-order valence-corrected chi connectivity index (χ1v) is 20.1. The Morgan fingerprint density at radius 2 is 1.47 bits per heavy atom. The fourth-order valence-corrected chi connectivity index (χ4v) is 8.18. The van der Waals surface area contributed by atoms with Crippen molar-refractivity contribution in [2.45, 2.75) is 54.4 Å². The number of benzene rings is 4. The summed E-state index contributed by atoms with van der Waals surface area (Å²) in [5.74, 6) is -4.64. The lowest BCUT2D eigenvalue weighted by Crippen LogP contribution is -2.42. The molecule has 1 saturated heterocycles. The first-order valence-electron chi connectivity index (χ1n) is 17.4. The molecule has 0 aromatic heterocycles. The molecule has 1 aliphatic heterocycles. The smallest absolute Gasteiger partial charge is 0.336 e. The number of fused-ring (bicyclic) bond motifs is 1. The van der Waals surface area contributed by atoms with Crippen LogP contribution in [0.15, 0.2) is 83.8 Å². The lowest BCUT2D eigenvalue weighted by atomic mass is 9.88. The fourth-order valence-electron chi connectivity index (χ4n) is 6.80. The Bertz CT molecular complexity index is 1990. The topological polar surface area (TPSA) is 179 Å². The van der Waals surface area contributed by atoms with Crippen LogP contribution in [0.25, 0.3) is 10.8 Å². The van der Waals surface area contributed by atoms with E-state index in [0.29, 0.717) is 33.1 Å². The van der Waals surface area contributed by atoms with Crippen LogP contribution in [0.1, 0.15) is 65.4 Å². The van der Waals surface area contributed by atoms with Crippen molar-refractivity contribution in [2.75, 3.05) is 39.5 Å². The molecule has 0 aliphatic carbocycles. The van der Waals surface area contributed by atoms with Crippen LogP contribution in [-0.4, -0.2) is 104 Å². The minimum Gasteiger partial charge on any atom is -0.612 e. The lowest BCUT2D eigenvalue weighted by molar-refractivity contribution is -0.170. The Balaban J connectivity index is 0.000000444. The predicted octanol–water partition coefficient (Wildman–Crippen LogP) is 7.41. The molecular weight excluding hydrogens is 791 g/mol. The Morgan fingerprint density at radius 3 is 2.07 bits per heavy atom. The van der Waals surface area contributed by atoms with Crippen molar-refractivity contribution in [3.63, 3.8) is 0 Å². The van der Waals surface area contributed by atoms with Crippen LogP contribution in [0.2, 0.25) is 15.1 Å².